The molecule has 0 unspecified atom stereocenters. The minimum absolute atomic E-state index is 0.0177. The Balaban J connectivity index is 3.03. The Bertz CT molecular complexity index is 592. The number of hydrogen-bond donors (Lipinski definition) is 2. The summed E-state index contributed by atoms with van der Waals surface area (Å²) in [4.78, 5) is 10.8. The van der Waals surface area contributed by atoms with Crippen LogP contribution in [0.4, 0.5) is 0 Å². The minimum Gasteiger partial charge on any atom is -0.480 e. The predicted octanol–water partition coefficient (Wildman–Crippen LogP) is 2.48. The number of carboxylic acid groups (broad SMARTS) is 1. The third-order valence-corrected chi connectivity index (χ3v) is 5.22. The van der Waals surface area contributed by atoms with Gasteiger partial charge in [0, 0.05) is 5.02 Å². The molecule has 0 aliphatic heterocycles. The zero-order valence-electron chi connectivity index (χ0n) is 10.5. The summed E-state index contributed by atoms with van der Waals surface area (Å²) in [6, 6.07) is 2.77. The number of carboxylic acids is 1. The van der Waals surface area contributed by atoms with Crippen molar-refractivity contribution in [2.24, 2.45) is 0 Å². The van der Waals surface area contributed by atoms with Gasteiger partial charge in [0.05, 0.1) is 5.02 Å². The fraction of sp³-hybridized carbons (Fsp3) is 0.364. The molecule has 112 valence electrons. The fourth-order valence-corrected chi connectivity index (χ4v) is 3.86. The molecule has 0 radical (unpaired) electrons. The van der Waals surface area contributed by atoms with Gasteiger partial charge in [-0.2, -0.15) is 16.5 Å². The number of benzene rings is 1. The van der Waals surface area contributed by atoms with Gasteiger partial charge in [0.25, 0.3) is 0 Å². The zero-order chi connectivity index (χ0) is 15.3. The van der Waals surface area contributed by atoms with Crippen molar-refractivity contribution in [3.8, 4) is 0 Å². The van der Waals surface area contributed by atoms with E-state index in [0.717, 1.165) is 0 Å². The average molecular weight is 358 g/mol. The molecule has 1 aromatic carbocycles. The molecule has 1 atom stereocenters. The van der Waals surface area contributed by atoms with Crippen molar-refractivity contribution in [2.45, 2.75) is 17.4 Å². The van der Waals surface area contributed by atoms with Crippen molar-refractivity contribution in [3.05, 3.63) is 28.2 Å². The van der Waals surface area contributed by atoms with Gasteiger partial charge in [-0.3, -0.25) is 4.79 Å². The molecule has 0 spiro atoms. The number of sulfonamides is 1. The summed E-state index contributed by atoms with van der Waals surface area (Å²) in [7, 11) is -4.04. The van der Waals surface area contributed by atoms with E-state index in [2.05, 4.69) is 4.72 Å². The van der Waals surface area contributed by atoms with Crippen LogP contribution in [0.5, 0.6) is 0 Å². The number of thioether (sulfide) groups is 1. The molecule has 0 amide bonds. The molecule has 1 rings (SSSR count). The highest BCUT2D eigenvalue weighted by atomic mass is 35.5. The Morgan fingerprint density at radius 1 is 1.45 bits per heavy atom. The molecule has 0 saturated heterocycles. The lowest BCUT2D eigenvalue weighted by Crippen LogP contribution is -2.41. The second-order valence-electron chi connectivity index (χ2n) is 3.87. The van der Waals surface area contributed by atoms with E-state index in [1.165, 1.54) is 30.0 Å². The van der Waals surface area contributed by atoms with Gasteiger partial charge in [-0.05, 0) is 36.6 Å². The summed E-state index contributed by atoms with van der Waals surface area (Å²) in [5.74, 6) is -0.719. The van der Waals surface area contributed by atoms with Crippen LogP contribution in [0.1, 0.15) is 6.42 Å². The predicted molar refractivity (Wildman–Crippen MR) is 81.2 cm³/mol. The van der Waals surface area contributed by atoms with Crippen molar-refractivity contribution in [1.29, 1.82) is 0 Å². The Morgan fingerprint density at radius 2 is 2.10 bits per heavy atom. The molecule has 1 aromatic rings. The van der Waals surface area contributed by atoms with E-state index in [4.69, 9.17) is 28.3 Å². The number of rotatable bonds is 7. The fourth-order valence-electron chi connectivity index (χ4n) is 1.40. The van der Waals surface area contributed by atoms with Crippen LogP contribution >= 0.6 is 35.0 Å². The van der Waals surface area contributed by atoms with Crippen LogP contribution in [0.25, 0.3) is 0 Å². The van der Waals surface area contributed by atoms with E-state index in [0.29, 0.717) is 5.75 Å². The number of nitrogens with one attached hydrogen (secondary N) is 1. The third kappa shape index (κ3) is 4.82. The summed E-state index contributed by atoms with van der Waals surface area (Å²) >= 11 is 13.0. The van der Waals surface area contributed by atoms with Crippen LogP contribution in [-0.4, -0.2) is 37.5 Å². The lowest BCUT2D eigenvalue weighted by molar-refractivity contribution is -0.139. The Morgan fingerprint density at radius 3 is 2.65 bits per heavy atom. The largest absolute Gasteiger partial charge is 0.480 e. The van der Waals surface area contributed by atoms with Crippen molar-refractivity contribution in [1.82, 2.24) is 4.72 Å². The van der Waals surface area contributed by atoms with E-state index >= 15 is 0 Å². The molecule has 20 heavy (non-hydrogen) atoms. The zero-order valence-corrected chi connectivity index (χ0v) is 13.6. The molecule has 0 aliphatic carbocycles. The monoisotopic (exact) mass is 357 g/mol. The van der Waals surface area contributed by atoms with Gasteiger partial charge in [0.1, 0.15) is 10.9 Å². The van der Waals surface area contributed by atoms with Crippen LogP contribution in [-0.2, 0) is 14.8 Å². The van der Waals surface area contributed by atoms with Crippen molar-refractivity contribution in [2.75, 3.05) is 12.0 Å². The molecule has 9 heteroatoms. The number of hydrogen-bond acceptors (Lipinski definition) is 4. The normalized spacial score (nSPS) is 13.2. The van der Waals surface area contributed by atoms with Gasteiger partial charge in [-0.1, -0.05) is 23.2 Å². The van der Waals surface area contributed by atoms with Crippen molar-refractivity contribution >= 4 is 51.0 Å². The molecule has 0 heterocycles. The molecule has 0 bridgehead atoms. The molecule has 0 aromatic heterocycles. The molecule has 2 N–H and O–H groups in total. The summed E-state index contributed by atoms with van der Waals surface area (Å²) < 4.78 is 26.4. The van der Waals surface area contributed by atoms with E-state index in [-0.39, 0.29) is 21.4 Å². The van der Waals surface area contributed by atoms with Crippen LogP contribution < -0.4 is 4.72 Å². The van der Waals surface area contributed by atoms with Gasteiger partial charge in [-0.15, -0.1) is 0 Å². The number of carbonyl (C=O) groups is 1. The molecule has 0 fully saturated rings. The quantitative estimate of drug-likeness (QED) is 0.782. The van der Waals surface area contributed by atoms with Crippen LogP contribution in [0, 0.1) is 0 Å². The summed E-state index contributed by atoms with van der Waals surface area (Å²) in [5, 5.41) is 9.22. The lowest BCUT2D eigenvalue weighted by atomic mass is 10.2. The highest BCUT2D eigenvalue weighted by molar-refractivity contribution is 7.98. The Hall–Kier alpha value is -0.470. The summed E-state index contributed by atoms with van der Waals surface area (Å²) in [5.41, 5.74) is 0. The molecular weight excluding hydrogens is 345 g/mol. The molecule has 0 aliphatic rings. The minimum atomic E-state index is -4.04. The maximum atomic E-state index is 12.2. The molecule has 0 saturated carbocycles. The standard InChI is InChI=1S/C11H13Cl2NO4S2/c1-19-5-4-9(11(15)16)14-20(17,18)10-6-7(12)2-3-8(10)13/h2-3,6,9,14H,4-5H2,1H3,(H,15,16)/t9-/m1/s1. The first kappa shape index (κ1) is 17.6. The highest BCUT2D eigenvalue weighted by Crippen LogP contribution is 2.25. The smallest absolute Gasteiger partial charge is 0.321 e. The number of aliphatic carboxylic acids is 1. The maximum Gasteiger partial charge on any atom is 0.321 e. The Kier molecular flexibility index (Phi) is 6.60. The summed E-state index contributed by atoms with van der Waals surface area (Å²) in [6.45, 7) is 0. The van der Waals surface area contributed by atoms with E-state index in [1.54, 1.807) is 6.26 Å². The Labute approximate surface area is 131 Å². The van der Waals surface area contributed by atoms with Gasteiger partial charge in [-0.25, -0.2) is 8.42 Å². The first-order chi connectivity index (χ1) is 9.27. The molecule has 5 nitrogen and oxygen atoms in total. The van der Waals surface area contributed by atoms with E-state index in [1.807, 2.05) is 0 Å². The van der Waals surface area contributed by atoms with Gasteiger partial charge >= 0.3 is 5.97 Å². The van der Waals surface area contributed by atoms with Crippen LogP contribution in [0.2, 0.25) is 10.0 Å². The highest BCUT2D eigenvalue weighted by Gasteiger charge is 2.26. The van der Waals surface area contributed by atoms with Gasteiger partial charge < -0.3 is 5.11 Å². The van der Waals surface area contributed by atoms with E-state index < -0.39 is 22.0 Å². The average Bonchev–Trinajstić information content (AvgIpc) is 2.36. The lowest BCUT2D eigenvalue weighted by Gasteiger charge is -2.15. The summed E-state index contributed by atoms with van der Waals surface area (Å²) in [6.07, 6.45) is 1.98. The van der Waals surface area contributed by atoms with Crippen LogP contribution in [0.15, 0.2) is 23.1 Å². The first-order valence-corrected chi connectivity index (χ1v) is 9.10. The SMILES string of the molecule is CSCC[C@@H](NS(=O)(=O)c1cc(Cl)ccc1Cl)C(=O)O. The second kappa shape index (κ2) is 7.51. The van der Waals surface area contributed by atoms with Crippen molar-refractivity contribution < 1.29 is 18.3 Å². The third-order valence-electron chi connectivity index (χ3n) is 2.39. The maximum absolute atomic E-state index is 12.2. The molecular formula is C11H13Cl2NO4S2. The van der Waals surface area contributed by atoms with E-state index in [9.17, 15) is 13.2 Å². The van der Waals surface area contributed by atoms with Crippen molar-refractivity contribution in [3.63, 3.8) is 0 Å². The van der Waals surface area contributed by atoms with Gasteiger partial charge in [0.15, 0.2) is 0 Å². The second-order valence-corrected chi connectivity index (χ2v) is 7.38. The van der Waals surface area contributed by atoms with Gasteiger partial charge in [0.2, 0.25) is 10.0 Å². The topological polar surface area (TPSA) is 83.5 Å². The number of halogens is 2. The van der Waals surface area contributed by atoms with Crippen LogP contribution in [0.3, 0.4) is 0 Å². The first-order valence-electron chi connectivity index (χ1n) is 5.47.